The van der Waals surface area contributed by atoms with Gasteiger partial charge >= 0.3 is 0 Å². The molecule has 1 saturated carbocycles. The fourth-order valence-electron chi connectivity index (χ4n) is 2.91. The van der Waals surface area contributed by atoms with Gasteiger partial charge in [-0.2, -0.15) is 0 Å². The molecule has 1 unspecified atom stereocenters. The second-order valence-electron chi connectivity index (χ2n) is 6.02. The monoisotopic (exact) mass is 287 g/mol. The van der Waals surface area contributed by atoms with Gasteiger partial charge in [0.2, 0.25) is 0 Å². The Kier molecular flexibility index (Phi) is 5.57. The van der Waals surface area contributed by atoms with Crippen molar-refractivity contribution in [2.24, 2.45) is 5.92 Å². The molecule has 0 spiro atoms. The molecule has 2 rings (SSSR count). The van der Waals surface area contributed by atoms with Crippen molar-refractivity contribution >= 4 is 11.9 Å². The van der Waals surface area contributed by atoms with Gasteiger partial charge in [0.1, 0.15) is 5.75 Å². The molecule has 1 aromatic rings. The van der Waals surface area contributed by atoms with Crippen LogP contribution in [0.15, 0.2) is 29.8 Å². The molecule has 1 aromatic carbocycles. The molecule has 0 bridgehead atoms. The van der Waals surface area contributed by atoms with E-state index >= 15 is 0 Å². The van der Waals surface area contributed by atoms with Gasteiger partial charge in [0.15, 0.2) is 5.78 Å². The molecule has 3 nitrogen and oxygen atoms in total. The highest BCUT2D eigenvalue weighted by Crippen LogP contribution is 2.27. The van der Waals surface area contributed by atoms with Crippen LogP contribution in [0.5, 0.6) is 5.75 Å². The van der Waals surface area contributed by atoms with E-state index in [4.69, 9.17) is 4.74 Å². The lowest BCUT2D eigenvalue weighted by atomic mass is 9.94. The minimum atomic E-state index is 0.138. The minimum Gasteiger partial charge on any atom is -0.497 e. The summed E-state index contributed by atoms with van der Waals surface area (Å²) in [5.41, 5.74) is 2.01. The Bertz CT molecular complexity index is 520. The third kappa shape index (κ3) is 4.43. The Morgan fingerprint density at radius 3 is 2.86 bits per heavy atom. The summed E-state index contributed by atoms with van der Waals surface area (Å²) in [5.74, 6) is 1.29. The van der Waals surface area contributed by atoms with E-state index in [0.717, 1.165) is 49.1 Å². The van der Waals surface area contributed by atoms with Gasteiger partial charge in [-0.3, -0.25) is 4.79 Å². The van der Waals surface area contributed by atoms with Crippen LogP contribution < -0.4 is 4.74 Å². The van der Waals surface area contributed by atoms with Crippen LogP contribution in [0.2, 0.25) is 0 Å². The highest BCUT2D eigenvalue weighted by Gasteiger charge is 2.25. The van der Waals surface area contributed by atoms with E-state index < -0.39 is 0 Å². The maximum atomic E-state index is 12.7. The largest absolute Gasteiger partial charge is 0.497 e. The molecule has 1 aliphatic rings. The van der Waals surface area contributed by atoms with Crippen LogP contribution in [0.25, 0.3) is 6.08 Å². The Balaban J connectivity index is 2.22. The van der Waals surface area contributed by atoms with Crippen LogP contribution >= 0.6 is 0 Å². The maximum Gasteiger partial charge on any atom is 0.163 e. The summed E-state index contributed by atoms with van der Waals surface area (Å²) in [7, 11) is 5.73. The lowest BCUT2D eigenvalue weighted by molar-refractivity contribution is -0.119. The highest BCUT2D eigenvalue weighted by molar-refractivity contribution is 6.01. The van der Waals surface area contributed by atoms with Gasteiger partial charge in [0.05, 0.1) is 7.11 Å². The first-order valence-electron chi connectivity index (χ1n) is 7.63. The Hall–Kier alpha value is -1.61. The number of carbonyl (C=O) groups excluding carboxylic acids is 1. The summed E-state index contributed by atoms with van der Waals surface area (Å²) in [6.07, 6.45) is 6.18. The summed E-state index contributed by atoms with van der Waals surface area (Å²) in [6.45, 7) is 0.842. The van der Waals surface area contributed by atoms with Crippen LogP contribution in [0.3, 0.4) is 0 Å². The van der Waals surface area contributed by atoms with E-state index in [0.29, 0.717) is 5.78 Å². The normalized spacial score (nSPS) is 21.6. The molecule has 0 amide bonds. The third-order valence-electron chi connectivity index (χ3n) is 3.96. The molecule has 1 fully saturated rings. The number of Topliss-reactive ketones (excluding diaryl/α,β-unsaturated/α-hetero) is 1. The van der Waals surface area contributed by atoms with Gasteiger partial charge in [-0.25, -0.2) is 0 Å². The number of allylic oxidation sites excluding steroid dienone is 1. The van der Waals surface area contributed by atoms with E-state index in [2.05, 4.69) is 4.90 Å². The summed E-state index contributed by atoms with van der Waals surface area (Å²) >= 11 is 0. The predicted octanol–water partition coefficient (Wildman–Crippen LogP) is 3.40. The molecule has 1 atom stereocenters. The molecule has 0 saturated heterocycles. The fraction of sp³-hybridized carbons (Fsp3) is 0.500. The summed E-state index contributed by atoms with van der Waals surface area (Å²) in [5, 5.41) is 0. The molecule has 1 aliphatic carbocycles. The van der Waals surface area contributed by atoms with Crippen LogP contribution in [-0.2, 0) is 4.79 Å². The number of hydrogen-bond donors (Lipinski definition) is 0. The van der Waals surface area contributed by atoms with Crippen molar-refractivity contribution in [3.05, 3.63) is 35.4 Å². The lowest BCUT2D eigenvalue weighted by Gasteiger charge is -2.18. The molecule has 3 heteroatoms. The van der Waals surface area contributed by atoms with Gasteiger partial charge in [0, 0.05) is 12.5 Å². The van der Waals surface area contributed by atoms with E-state index in [9.17, 15) is 4.79 Å². The number of rotatable bonds is 4. The molecule has 21 heavy (non-hydrogen) atoms. The van der Waals surface area contributed by atoms with Crippen LogP contribution in [0.4, 0.5) is 0 Å². The Morgan fingerprint density at radius 2 is 2.14 bits per heavy atom. The number of ketones is 1. The molecule has 114 valence electrons. The smallest absolute Gasteiger partial charge is 0.163 e. The number of carbonyl (C=O) groups is 1. The van der Waals surface area contributed by atoms with Crippen LogP contribution in [0.1, 0.15) is 31.2 Å². The first kappa shape index (κ1) is 15.8. The SMILES string of the molecule is COc1cccc(/C=C2\CCCCC(CN(C)C)C2=O)c1. The highest BCUT2D eigenvalue weighted by atomic mass is 16.5. The zero-order valence-electron chi connectivity index (χ0n) is 13.3. The minimum absolute atomic E-state index is 0.138. The van der Waals surface area contributed by atoms with Crippen molar-refractivity contribution in [2.45, 2.75) is 25.7 Å². The quantitative estimate of drug-likeness (QED) is 0.628. The predicted molar refractivity (Wildman–Crippen MR) is 86.5 cm³/mol. The molecule has 0 aromatic heterocycles. The molecule has 0 radical (unpaired) electrons. The molecule has 0 heterocycles. The van der Waals surface area contributed by atoms with E-state index in [1.165, 1.54) is 0 Å². The van der Waals surface area contributed by atoms with Crippen molar-refractivity contribution in [2.75, 3.05) is 27.7 Å². The first-order valence-corrected chi connectivity index (χ1v) is 7.63. The van der Waals surface area contributed by atoms with E-state index in [-0.39, 0.29) is 5.92 Å². The van der Waals surface area contributed by atoms with Crippen LogP contribution in [0, 0.1) is 5.92 Å². The zero-order chi connectivity index (χ0) is 15.2. The first-order chi connectivity index (χ1) is 10.1. The molecule has 0 N–H and O–H groups in total. The van der Waals surface area contributed by atoms with Crippen LogP contribution in [-0.4, -0.2) is 38.4 Å². The summed E-state index contributed by atoms with van der Waals surface area (Å²) < 4.78 is 5.25. The fourth-order valence-corrected chi connectivity index (χ4v) is 2.91. The van der Waals surface area contributed by atoms with Crippen molar-refractivity contribution in [3.8, 4) is 5.75 Å². The molecule has 0 aliphatic heterocycles. The topological polar surface area (TPSA) is 29.5 Å². The van der Waals surface area contributed by atoms with Gasteiger partial charge in [0.25, 0.3) is 0 Å². The second-order valence-corrected chi connectivity index (χ2v) is 6.02. The summed E-state index contributed by atoms with van der Waals surface area (Å²) in [6, 6.07) is 7.89. The number of benzene rings is 1. The van der Waals surface area contributed by atoms with E-state index in [1.54, 1.807) is 7.11 Å². The maximum absolute atomic E-state index is 12.7. The molecular weight excluding hydrogens is 262 g/mol. The van der Waals surface area contributed by atoms with Crippen molar-refractivity contribution < 1.29 is 9.53 Å². The van der Waals surface area contributed by atoms with E-state index in [1.807, 2.05) is 44.4 Å². The van der Waals surface area contributed by atoms with Crippen molar-refractivity contribution in [1.82, 2.24) is 4.90 Å². The van der Waals surface area contributed by atoms with Crippen molar-refractivity contribution in [1.29, 1.82) is 0 Å². The molecular formula is C18H25NO2. The van der Waals surface area contributed by atoms with Gasteiger partial charge < -0.3 is 9.64 Å². The average molecular weight is 287 g/mol. The van der Waals surface area contributed by atoms with Gasteiger partial charge in [-0.1, -0.05) is 18.6 Å². The Labute approximate surface area is 127 Å². The lowest BCUT2D eigenvalue weighted by Crippen LogP contribution is -2.27. The number of hydrogen-bond acceptors (Lipinski definition) is 3. The number of nitrogens with zero attached hydrogens (tertiary/aromatic N) is 1. The number of methoxy groups -OCH3 is 1. The zero-order valence-corrected chi connectivity index (χ0v) is 13.3. The number of ether oxygens (including phenoxy) is 1. The average Bonchev–Trinajstić information content (AvgIpc) is 2.63. The second kappa shape index (κ2) is 7.41. The van der Waals surface area contributed by atoms with Gasteiger partial charge in [-0.05, 0) is 62.7 Å². The van der Waals surface area contributed by atoms with Gasteiger partial charge in [-0.15, -0.1) is 0 Å². The standard InChI is InChI=1S/C18H25NO2/c1-19(2)13-16-9-5-4-8-15(18(16)20)11-14-7-6-10-17(12-14)21-3/h6-7,10-12,16H,4-5,8-9,13H2,1-3H3/b15-11+. The van der Waals surface area contributed by atoms with Crippen molar-refractivity contribution in [3.63, 3.8) is 0 Å². The Morgan fingerprint density at radius 1 is 1.33 bits per heavy atom. The third-order valence-corrected chi connectivity index (χ3v) is 3.96. The summed E-state index contributed by atoms with van der Waals surface area (Å²) in [4.78, 5) is 14.8.